The second-order valence-electron chi connectivity index (χ2n) is 3.65. The molecule has 0 saturated carbocycles. The molecule has 0 aromatic heterocycles. The molecule has 0 unspecified atom stereocenters. The minimum Gasteiger partial charge on any atom is -0.478 e. The first-order valence-corrected chi connectivity index (χ1v) is 4.91. The highest BCUT2D eigenvalue weighted by molar-refractivity contribution is 5.75. The normalized spacial score (nSPS) is 23.2. The summed E-state index contributed by atoms with van der Waals surface area (Å²) in [5, 5.41) is 0. The van der Waals surface area contributed by atoms with E-state index in [4.69, 9.17) is 10.5 Å². The van der Waals surface area contributed by atoms with Gasteiger partial charge in [0, 0.05) is 18.0 Å². The Morgan fingerprint density at radius 3 is 3.06 bits per heavy atom. The number of ether oxygens (including phenoxy) is 2. The predicted octanol–water partition coefficient (Wildman–Crippen LogP) is 1.15. The van der Waals surface area contributed by atoms with Crippen LogP contribution in [0.15, 0.2) is 18.2 Å². The van der Waals surface area contributed by atoms with E-state index in [0.717, 1.165) is 0 Å². The van der Waals surface area contributed by atoms with Gasteiger partial charge >= 0.3 is 5.97 Å². The van der Waals surface area contributed by atoms with E-state index in [2.05, 4.69) is 4.74 Å². The lowest BCUT2D eigenvalue weighted by Crippen LogP contribution is -2.36. The van der Waals surface area contributed by atoms with Crippen LogP contribution >= 0.6 is 0 Å². The van der Waals surface area contributed by atoms with E-state index in [1.54, 1.807) is 0 Å². The third kappa shape index (κ3) is 1.86. The van der Waals surface area contributed by atoms with E-state index in [1.165, 1.54) is 25.3 Å². The van der Waals surface area contributed by atoms with Crippen molar-refractivity contribution in [3.8, 4) is 5.75 Å². The fraction of sp³-hybridized carbons (Fsp3) is 0.364. The van der Waals surface area contributed by atoms with E-state index in [9.17, 15) is 9.18 Å². The number of carbonyl (C=O) groups is 1. The largest absolute Gasteiger partial charge is 0.478 e. The predicted molar refractivity (Wildman–Crippen MR) is 54.4 cm³/mol. The smallest absolute Gasteiger partial charge is 0.347 e. The summed E-state index contributed by atoms with van der Waals surface area (Å²) in [6, 6.07) is 3.65. The Labute approximate surface area is 92.1 Å². The summed E-state index contributed by atoms with van der Waals surface area (Å²) in [6.45, 7) is 0. The van der Waals surface area contributed by atoms with Crippen molar-refractivity contribution in [2.45, 2.75) is 18.6 Å². The number of halogens is 1. The number of esters is 1. The Balaban J connectivity index is 2.30. The zero-order valence-electron chi connectivity index (χ0n) is 8.77. The number of methoxy groups -OCH3 is 1. The number of nitrogens with two attached hydrogens (primary N) is 1. The highest BCUT2D eigenvalue weighted by atomic mass is 19.1. The first-order valence-electron chi connectivity index (χ1n) is 4.91. The molecule has 0 radical (unpaired) electrons. The maximum atomic E-state index is 13.0. The quantitative estimate of drug-likeness (QED) is 0.728. The molecule has 5 heteroatoms. The lowest BCUT2D eigenvalue weighted by atomic mass is 9.97. The zero-order valence-corrected chi connectivity index (χ0v) is 8.77. The van der Waals surface area contributed by atoms with E-state index in [0.29, 0.717) is 17.7 Å². The van der Waals surface area contributed by atoms with Gasteiger partial charge in [0.1, 0.15) is 11.6 Å². The Bertz CT molecular complexity index is 422. The van der Waals surface area contributed by atoms with Gasteiger partial charge in [-0.25, -0.2) is 9.18 Å². The molecule has 2 rings (SSSR count). The summed E-state index contributed by atoms with van der Waals surface area (Å²) in [7, 11) is 1.29. The third-order valence-electron chi connectivity index (χ3n) is 2.57. The van der Waals surface area contributed by atoms with E-state index >= 15 is 0 Å². The van der Waals surface area contributed by atoms with Gasteiger partial charge in [-0.05, 0) is 18.2 Å². The number of fused-ring (bicyclic) bond motifs is 1. The monoisotopic (exact) mass is 225 g/mol. The molecule has 4 nitrogen and oxygen atoms in total. The van der Waals surface area contributed by atoms with Crippen LogP contribution in [0.5, 0.6) is 5.75 Å². The molecule has 86 valence electrons. The van der Waals surface area contributed by atoms with Gasteiger partial charge in [0.2, 0.25) is 0 Å². The van der Waals surface area contributed by atoms with Gasteiger partial charge in [0.15, 0.2) is 6.10 Å². The zero-order chi connectivity index (χ0) is 11.7. The Hall–Kier alpha value is -1.62. The van der Waals surface area contributed by atoms with Crippen LogP contribution < -0.4 is 10.5 Å². The molecule has 1 heterocycles. The molecule has 0 bridgehead atoms. The summed E-state index contributed by atoms with van der Waals surface area (Å²) in [4.78, 5) is 11.3. The van der Waals surface area contributed by atoms with Crippen LogP contribution in [0.3, 0.4) is 0 Å². The van der Waals surface area contributed by atoms with E-state index < -0.39 is 18.1 Å². The SMILES string of the molecule is COC(=O)[C@@H]1C[C@H](N)c2cc(F)ccc2O1. The molecular formula is C11H12FNO3. The third-order valence-corrected chi connectivity index (χ3v) is 2.57. The van der Waals surface area contributed by atoms with Gasteiger partial charge in [-0.2, -0.15) is 0 Å². The van der Waals surface area contributed by atoms with Gasteiger partial charge < -0.3 is 15.2 Å². The second kappa shape index (κ2) is 4.09. The minimum absolute atomic E-state index is 0.295. The summed E-state index contributed by atoms with van der Waals surface area (Å²) in [5.41, 5.74) is 6.43. The highest BCUT2D eigenvalue weighted by Gasteiger charge is 2.31. The fourth-order valence-electron chi connectivity index (χ4n) is 1.75. The molecule has 2 atom stereocenters. The Kier molecular flexibility index (Phi) is 2.78. The molecule has 1 aliphatic rings. The molecule has 1 aromatic carbocycles. The second-order valence-corrected chi connectivity index (χ2v) is 3.65. The van der Waals surface area contributed by atoms with Crippen LogP contribution in [0, 0.1) is 5.82 Å². The van der Waals surface area contributed by atoms with Crippen LogP contribution in [0.2, 0.25) is 0 Å². The molecule has 0 saturated heterocycles. The summed E-state index contributed by atoms with van der Waals surface area (Å²) in [6.07, 6.45) is -0.415. The highest BCUT2D eigenvalue weighted by Crippen LogP contribution is 2.33. The van der Waals surface area contributed by atoms with Crippen molar-refractivity contribution in [2.24, 2.45) is 5.73 Å². The van der Waals surface area contributed by atoms with Crippen molar-refractivity contribution >= 4 is 5.97 Å². The maximum absolute atomic E-state index is 13.0. The van der Waals surface area contributed by atoms with Gasteiger partial charge in [-0.1, -0.05) is 0 Å². The van der Waals surface area contributed by atoms with Gasteiger partial charge in [-0.3, -0.25) is 0 Å². The van der Waals surface area contributed by atoms with Gasteiger partial charge in [-0.15, -0.1) is 0 Å². The molecule has 0 fully saturated rings. The van der Waals surface area contributed by atoms with Crippen LogP contribution in [0.4, 0.5) is 4.39 Å². The topological polar surface area (TPSA) is 61.5 Å². The molecule has 2 N–H and O–H groups in total. The number of hydrogen-bond acceptors (Lipinski definition) is 4. The summed E-state index contributed by atoms with van der Waals surface area (Å²) in [5.74, 6) is -0.393. The molecule has 1 aromatic rings. The van der Waals surface area contributed by atoms with E-state index in [1.807, 2.05) is 0 Å². The van der Waals surface area contributed by atoms with Crippen molar-refractivity contribution in [1.82, 2.24) is 0 Å². The van der Waals surface area contributed by atoms with Gasteiger partial charge in [0.25, 0.3) is 0 Å². The first-order chi connectivity index (χ1) is 7.61. The number of benzene rings is 1. The van der Waals surface area contributed by atoms with Crippen LogP contribution in [0.25, 0.3) is 0 Å². The number of rotatable bonds is 1. The molecule has 0 aliphatic carbocycles. The van der Waals surface area contributed by atoms with Crippen molar-refractivity contribution in [3.05, 3.63) is 29.6 Å². The van der Waals surface area contributed by atoms with Crippen LogP contribution in [0.1, 0.15) is 18.0 Å². The summed E-state index contributed by atoms with van der Waals surface area (Å²) < 4.78 is 23.0. The van der Waals surface area contributed by atoms with Crippen molar-refractivity contribution < 1.29 is 18.7 Å². The molecule has 0 spiro atoms. The van der Waals surface area contributed by atoms with Gasteiger partial charge in [0.05, 0.1) is 7.11 Å². The van der Waals surface area contributed by atoms with Crippen molar-refractivity contribution in [3.63, 3.8) is 0 Å². The number of hydrogen-bond donors (Lipinski definition) is 1. The summed E-state index contributed by atoms with van der Waals surface area (Å²) >= 11 is 0. The lowest BCUT2D eigenvalue weighted by molar-refractivity contribution is -0.149. The van der Waals surface area contributed by atoms with Crippen LogP contribution in [-0.2, 0) is 9.53 Å². The first kappa shape index (κ1) is 10.9. The minimum atomic E-state index is -0.710. The Morgan fingerprint density at radius 1 is 1.62 bits per heavy atom. The van der Waals surface area contributed by atoms with Crippen molar-refractivity contribution in [1.29, 1.82) is 0 Å². The lowest BCUT2D eigenvalue weighted by Gasteiger charge is -2.28. The van der Waals surface area contributed by atoms with E-state index in [-0.39, 0.29) is 5.82 Å². The van der Waals surface area contributed by atoms with Crippen molar-refractivity contribution in [2.75, 3.05) is 7.11 Å². The standard InChI is InChI=1S/C11H12FNO3/c1-15-11(14)10-5-8(13)7-4-6(12)2-3-9(7)16-10/h2-4,8,10H,5,13H2,1H3/t8-,10-/m0/s1. The molecular weight excluding hydrogens is 213 g/mol. The molecule has 16 heavy (non-hydrogen) atoms. The Morgan fingerprint density at radius 2 is 2.38 bits per heavy atom. The molecule has 1 aliphatic heterocycles. The average molecular weight is 225 g/mol. The number of carbonyl (C=O) groups excluding carboxylic acids is 1. The maximum Gasteiger partial charge on any atom is 0.347 e. The molecule has 0 amide bonds. The fourth-order valence-corrected chi connectivity index (χ4v) is 1.75. The van der Waals surface area contributed by atoms with Crippen LogP contribution in [-0.4, -0.2) is 19.2 Å². The average Bonchev–Trinajstić information content (AvgIpc) is 2.28.